The van der Waals surface area contributed by atoms with Gasteiger partial charge in [-0.2, -0.15) is 10.2 Å². The minimum atomic E-state index is -2.12. The van der Waals surface area contributed by atoms with Crippen molar-refractivity contribution in [2.75, 3.05) is 0 Å². The second kappa shape index (κ2) is 20.1. The molecule has 68 heavy (non-hydrogen) atoms. The molecule has 6 atom stereocenters. The largest absolute Gasteiger partial charge is 0.382 e. The molecule has 8 rings (SSSR count). The predicted octanol–water partition coefficient (Wildman–Crippen LogP) is 6.52. The standard InChI is InChI=1S/2C22H19F4N7O/c2*1-12(19-17(25)6-27-8-29-19)20-18(26)21(31-10-30-20)13(2)22(34,7-33-11-28-9-32-33)15-4-3-14(23)5-16(15)24/h2*3-6,8-13,34H,7H2,1-2H3/t12-,13+,22-;12-,13-,22+/m10/s1. The molecule has 8 aromatic rings. The maximum atomic E-state index is 15.7. The van der Waals surface area contributed by atoms with Crippen LogP contribution in [0.3, 0.4) is 0 Å². The van der Waals surface area contributed by atoms with E-state index < -0.39 is 81.4 Å². The fourth-order valence-electron chi connectivity index (χ4n) is 7.71. The molecule has 6 heterocycles. The minimum Gasteiger partial charge on any atom is -0.382 e. The fourth-order valence-corrected chi connectivity index (χ4v) is 7.71. The number of rotatable bonds is 14. The normalized spacial score (nSPS) is 15.0. The Balaban J connectivity index is 0.000000201. The first-order valence-corrected chi connectivity index (χ1v) is 20.4. The van der Waals surface area contributed by atoms with E-state index >= 15 is 8.78 Å². The highest BCUT2D eigenvalue weighted by Crippen LogP contribution is 2.42. The zero-order valence-electron chi connectivity index (χ0n) is 36.1. The monoisotopic (exact) mass is 946 g/mol. The zero-order chi connectivity index (χ0) is 48.9. The van der Waals surface area contributed by atoms with E-state index in [0.717, 1.165) is 62.0 Å². The maximum absolute atomic E-state index is 15.7. The second-order valence-corrected chi connectivity index (χ2v) is 15.6. The average molecular weight is 947 g/mol. The van der Waals surface area contributed by atoms with Crippen LogP contribution in [0.25, 0.3) is 0 Å². The third-order valence-electron chi connectivity index (χ3n) is 11.5. The topological polar surface area (TPSA) is 205 Å². The van der Waals surface area contributed by atoms with Crippen molar-refractivity contribution in [2.45, 2.75) is 75.7 Å². The molecule has 0 bridgehead atoms. The molecule has 352 valence electrons. The van der Waals surface area contributed by atoms with E-state index in [1.54, 1.807) is 0 Å². The van der Waals surface area contributed by atoms with Gasteiger partial charge in [-0.1, -0.05) is 39.8 Å². The van der Waals surface area contributed by atoms with Gasteiger partial charge in [-0.3, -0.25) is 0 Å². The molecule has 2 N–H and O–H groups in total. The third-order valence-corrected chi connectivity index (χ3v) is 11.5. The maximum Gasteiger partial charge on any atom is 0.167 e. The third kappa shape index (κ3) is 9.76. The van der Waals surface area contributed by atoms with E-state index in [-0.39, 0.29) is 58.4 Å². The SMILES string of the molecule is C[C@@H](c1ncncc1F)c1ncnc([C@H](C)[C@](O)(Cn2cncn2)c2ccc(F)cc2F)c1F.C[C@H](c1ncncc1F)c1ncnc([C@H](C)[C@](O)(Cn2cncn2)c2ccc(F)cc2F)c1F. The van der Waals surface area contributed by atoms with Gasteiger partial charge in [0, 0.05) is 46.9 Å². The van der Waals surface area contributed by atoms with Gasteiger partial charge in [0.15, 0.2) is 23.3 Å². The lowest BCUT2D eigenvalue weighted by atomic mass is 9.79. The van der Waals surface area contributed by atoms with Crippen LogP contribution in [0.5, 0.6) is 0 Å². The number of nitrogens with zero attached hydrogens (tertiary/aromatic N) is 14. The van der Waals surface area contributed by atoms with Gasteiger partial charge in [0.1, 0.15) is 85.1 Å². The van der Waals surface area contributed by atoms with Crippen LogP contribution in [0.1, 0.15) is 96.7 Å². The number of aliphatic hydroxyl groups is 2. The molecule has 0 spiro atoms. The molecule has 2 aromatic carbocycles. The van der Waals surface area contributed by atoms with Crippen LogP contribution in [0, 0.1) is 46.5 Å². The van der Waals surface area contributed by atoms with Gasteiger partial charge in [-0.05, 0) is 12.1 Å². The summed E-state index contributed by atoms with van der Waals surface area (Å²) in [5.74, 6) is -11.2. The Kier molecular flexibility index (Phi) is 14.3. The van der Waals surface area contributed by atoms with Crippen molar-refractivity contribution < 1.29 is 45.3 Å². The van der Waals surface area contributed by atoms with Gasteiger partial charge < -0.3 is 10.2 Å². The van der Waals surface area contributed by atoms with Crippen molar-refractivity contribution in [2.24, 2.45) is 0 Å². The van der Waals surface area contributed by atoms with Crippen LogP contribution in [-0.2, 0) is 24.3 Å². The highest BCUT2D eigenvalue weighted by molar-refractivity contribution is 5.34. The van der Waals surface area contributed by atoms with Crippen LogP contribution in [-0.4, -0.2) is 79.6 Å². The minimum absolute atomic E-state index is 0.0753. The summed E-state index contributed by atoms with van der Waals surface area (Å²) in [5, 5.41) is 31.3. The summed E-state index contributed by atoms with van der Waals surface area (Å²) >= 11 is 0. The quantitative estimate of drug-likeness (QED) is 0.112. The van der Waals surface area contributed by atoms with Crippen molar-refractivity contribution in [3.05, 3.63) is 191 Å². The Labute approximate surface area is 381 Å². The fraction of sp³-hybridized carbons (Fsp3) is 0.273. The summed E-state index contributed by atoms with van der Waals surface area (Å²) < 4.78 is 119. The lowest BCUT2D eigenvalue weighted by molar-refractivity contribution is -0.0137. The molecular weight excluding hydrogens is 909 g/mol. The number of aromatic nitrogens is 14. The van der Waals surface area contributed by atoms with E-state index in [1.807, 2.05) is 0 Å². The molecule has 24 heteroatoms. The highest BCUT2D eigenvalue weighted by Gasteiger charge is 2.44. The van der Waals surface area contributed by atoms with Crippen molar-refractivity contribution in [1.29, 1.82) is 0 Å². The summed E-state index contributed by atoms with van der Waals surface area (Å²) in [5.41, 5.74) is -5.81. The molecule has 0 amide bonds. The molecule has 0 unspecified atom stereocenters. The Morgan fingerprint density at radius 3 is 1.16 bits per heavy atom. The summed E-state index contributed by atoms with van der Waals surface area (Å²) in [4.78, 5) is 38.4. The number of hydrogen-bond donors (Lipinski definition) is 2. The van der Waals surface area contributed by atoms with Crippen LogP contribution >= 0.6 is 0 Å². The first-order valence-electron chi connectivity index (χ1n) is 20.4. The van der Waals surface area contributed by atoms with E-state index in [2.05, 4.69) is 60.0 Å². The summed E-state index contributed by atoms with van der Waals surface area (Å²) in [6.07, 6.45) is 11.3. The molecule has 0 saturated heterocycles. The van der Waals surface area contributed by atoms with Crippen molar-refractivity contribution >= 4 is 0 Å². The molecule has 0 saturated carbocycles. The van der Waals surface area contributed by atoms with Gasteiger partial charge in [0.05, 0.1) is 59.6 Å². The van der Waals surface area contributed by atoms with Gasteiger partial charge in [0.25, 0.3) is 0 Å². The van der Waals surface area contributed by atoms with Gasteiger partial charge >= 0.3 is 0 Å². The van der Waals surface area contributed by atoms with E-state index in [1.165, 1.54) is 62.4 Å². The van der Waals surface area contributed by atoms with Gasteiger partial charge in [-0.15, -0.1) is 0 Å². The smallest absolute Gasteiger partial charge is 0.167 e. The van der Waals surface area contributed by atoms with Gasteiger partial charge in [-0.25, -0.2) is 94.3 Å². The zero-order valence-corrected chi connectivity index (χ0v) is 36.1. The van der Waals surface area contributed by atoms with Crippen molar-refractivity contribution in [3.63, 3.8) is 0 Å². The number of hydrogen-bond acceptors (Lipinski definition) is 14. The Hall–Kier alpha value is -7.60. The van der Waals surface area contributed by atoms with Crippen LogP contribution in [0.2, 0.25) is 0 Å². The molecule has 0 fully saturated rings. The van der Waals surface area contributed by atoms with Crippen molar-refractivity contribution in [1.82, 2.24) is 69.4 Å². The first-order chi connectivity index (χ1) is 32.4. The first kappa shape index (κ1) is 48.3. The molecule has 16 nitrogen and oxygen atoms in total. The van der Waals surface area contributed by atoms with Crippen molar-refractivity contribution in [3.8, 4) is 0 Å². The summed E-state index contributed by atoms with van der Waals surface area (Å²) in [7, 11) is 0. The van der Waals surface area contributed by atoms with E-state index in [4.69, 9.17) is 0 Å². The number of benzene rings is 2. The molecule has 0 radical (unpaired) electrons. The lowest BCUT2D eigenvalue weighted by Crippen LogP contribution is -2.39. The highest BCUT2D eigenvalue weighted by atomic mass is 19.2. The van der Waals surface area contributed by atoms with E-state index in [9.17, 15) is 36.6 Å². The molecule has 6 aromatic heterocycles. The summed E-state index contributed by atoms with van der Waals surface area (Å²) in [6.45, 7) is 5.20. The van der Waals surface area contributed by atoms with E-state index in [0.29, 0.717) is 12.1 Å². The molecular formula is C44H38F8N14O2. The molecule has 0 aliphatic carbocycles. The van der Waals surface area contributed by atoms with Crippen LogP contribution in [0.15, 0.2) is 99.4 Å². The van der Waals surface area contributed by atoms with Crippen LogP contribution in [0.4, 0.5) is 35.1 Å². The lowest BCUT2D eigenvalue weighted by Gasteiger charge is -2.34. The molecule has 0 aliphatic rings. The second-order valence-electron chi connectivity index (χ2n) is 15.6. The Bertz CT molecular complexity index is 2810. The number of halogens is 8. The average Bonchev–Trinajstić information content (AvgIpc) is 4.03. The predicted molar refractivity (Wildman–Crippen MR) is 220 cm³/mol. The summed E-state index contributed by atoms with van der Waals surface area (Å²) in [6, 6.07) is 5.37. The van der Waals surface area contributed by atoms with Crippen LogP contribution < -0.4 is 0 Å². The Morgan fingerprint density at radius 1 is 0.456 bits per heavy atom. The Morgan fingerprint density at radius 2 is 0.824 bits per heavy atom. The van der Waals surface area contributed by atoms with Gasteiger partial charge in [0.2, 0.25) is 0 Å². The molecule has 0 aliphatic heterocycles.